The van der Waals surface area contributed by atoms with Crippen molar-refractivity contribution in [3.05, 3.63) is 12.2 Å². The van der Waals surface area contributed by atoms with E-state index in [4.69, 9.17) is 0 Å². The highest BCUT2D eigenvalue weighted by molar-refractivity contribution is 6.12. The van der Waals surface area contributed by atoms with Gasteiger partial charge in [-0.3, -0.25) is 9.59 Å². The number of amides is 2. The van der Waals surface area contributed by atoms with E-state index in [-0.39, 0.29) is 11.8 Å². The fourth-order valence-corrected chi connectivity index (χ4v) is 2.36. The van der Waals surface area contributed by atoms with E-state index in [1.54, 1.807) is 0 Å². The van der Waals surface area contributed by atoms with Crippen LogP contribution in [0.15, 0.2) is 12.2 Å². The van der Waals surface area contributed by atoms with Crippen LogP contribution in [0.1, 0.15) is 71.1 Å². The molecule has 1 rings (SSSR count). The molecule has 1 N–H and O–H groups in total. The van der Waals surface area contributed by atoms with E-state index in [9.17, 15) is 9.59 Å². The largest absolute Gasteiger partial charge is 0.268 e. The highest BCUT2D eigenvalue weighted by atomic mass is 16.2. The van der Waals surface area contributed by atoms with Crippen molar-refractivity contribution >= 4 is 11.8 Å². The zero-order valence-electron chi connectivity index (χ0n) is 12.7. The van der Waals surface area contributed by atoms with Gasteiger partial charge >= 0.3 is 0 Å². The minimum Gasteiger partial charge on any atom is -0.268 e. The van der Waals surface area contributed by atoms with Crippen LogP contribution in [0.25, 0.3) is 0 Å². The molecule has 0 saturated heterocycles. The van der Waals surface area contributed by atoms with E-state index in [1.807, 2.05) is 0 Å². The van der Waals surface area contributed by atoms with Crippen molar-refractivity contribution in [2.24, 2.45) is 0 Å². The zero-order chi connectivity index (χ0) is 14.6. The van der Waals surface area contributed by atoms with Crippen LogP contribution in [0, 0.1) is 0 Å². The van der Waals surface area contributed by atoms with Crippen LogP contribution < -0.4 is 5.43 Å². The van der Waals surface area contributed by atoms with Crippen LogP contribution in [0.5, 0.6) is 0 Å². The second kappa shape index (κ2) is 10.6. The number of imide groups is 1. The molecular formula is C16H28N2O2. The van der Waals surface area contributed by atoms with Crippen LogP contribution in [0.2, 0.25) is 0 Å². The fourth-order valence-electron chi connectivity index (χ4n) is 2.36. The first-order chi connectivity index (χ1) is 9.75. The summed E-state index contributed by atoms with van der Waals surface area (Å²) < 4.78 is 0. The first kappa shape index (κ1) is 16.9. The summed E-state index contributed by atoms with van der Waals surface area (Å²) in [6, 6.07) is 0. The number of hydrogen-bond donors (Lipinski definition) is 1. The van der Waals surface area contributed by atoms with E-state index in [2.05, 4.69) is 12.3 Å². The lowest BCUT2D eigenvalue weighted by atomic mass is 10.1. The van der Waals surface area contributed by atoms with Gasteiger partial charge in [-0.15, -0.1) is 0 Å². The Kier molecular flexibility index (Phi) is 8.96. The topological polar surface area (TPSA) is 49.4 Å². The van der Waals surface area contributed by atoms with Crippen molar-refractivity contribution in [2.45, 2.75) is 71.1 Å². The lowest BCUT2D eigenvalue weighted by molar-refractivity contribution is -0.140. The van der Waals surface area contributed by atoms with Gasteiger partial charge in [-0.05, 0) is 6.42 Å². The molecule has 1 aliphatic heterocycles. The Bertz CT molecular complexity index is 308. The minimum absolute atomic E-state index is 0.262. The number of rotatable bonds is 12. The molecule has 0 aromatic heterocycles. The number of hydrazine groups is 1. The molecular weight excluding hydrogens is 252 g/mol. The molecule has 4 nitrogen and oxygen atoms in total. The van der Waals surface area contributed by atoms with Gasteiger partial charge in [0.25, 0.3) is 11.8 Å². The Morgan fingerprint density at radius 2 is 1.25 bits per heavy atom. The first-order valence-electron chi connectivity index (χ1n) is 8.05. The molecule has 0 bridgehead atoms. The molecule has 0 unspecified atom stereocenters. The van der Waals surface area contributed by atoms with Crippen molar-refractivity contribution in [3.8, 4) is 0 Å². The van der Waals surface area contributed by atoms with Crippen molar-refractivity contribution in [3.63, 3.8) is 0 Å². The molecule has 0 spiro atoms. The van der Waals surface area contributed by atoms with Gasteiger partial charge in [-0.1, -0.05) is 64.7 Å². The van der Waals surface area contributed by atoms with Gasteiger partial charge in [-0.2, -0.15) is 0 Å². The van der Waals surface area contributed by atoms with Gasteiger partial charge in [0.1, 0.15) is 0 Å². The first-order valence-corrected chi connectivity index (χ1v) is 8.05. The highest BCUT2D eigenvalue weighted by Gasteiger charge is 2.22. The molecule has 114 valence electrons. The van der Waals surface area contributed by atoms with E-state index in [0.717, 1.165) is 17.9 Å². The summed E-state index contributed by atoms with van der Waals surface area (Å²) in [6.07, 6.45) is 15.4. The van der Waals surface area contributed by atoms with Gasteiger partial charge in [0.15, 0.2) is 0 Å². The number of nitrogens with one attached hydrogen (secondary N) is 1. The van der Waals surface area contributed by atoms with E-state index < -0.39 is 0 Å². The maximum atomic E-state index is 11.3. The van der Waals surface area contributed by atoms with Gasteiger partial charge in [-0.25, -0.2) is 10.4 Å². The molecule has 2 amide bonds. The summed E-state index contributed by atoms with van der Waals surface area (Å²) >= 11 is 0. The van der Waals surface area contributed by atoms with Gasteiger partial charge < -0.3 is 0 Å². The van der Waals surface area contributed by atoms with Gasteiger partial charge in [0, 0.05) is 18.7 Å². The van der Waals surface area contributed by atoms with E-state index >= 15 is 0 Å². The molecule has 0 aliphatic carbocycles. The highest BCUT2D eigenvalue weighted by Crippen LogP contribution is 2.10. The third-order valence-electron chi connectivity index (χ3n) is 3.61. The second-order valence-electron chi connectivity index (χ2n) is 5.44. The van der Waals surface area contributed by atoms with Crippen molar-refractivity contribution in [1.29, 1.82) is 0 Å². The molecule has 0 radical (unpaired) electrons. The van der Waals surface area contributed by atoms with Crippen LogP contribution in [0.4, 0.5) is 0 Å². The lowest BCUT2D eigenvalue weighted by Gasteiger charge is -2.14. The number of hydrogen-bond acceptors (Lipinski definition) is 3. The quantitative estimate of drug-likeness (QED) is 0.440. The SMILES string of the molecule is CCCCCCCCCCCCNN1C(=O)C=CC1=O. The van der Waals surface area contributed by atoms with Crippen molar-refractivity contribution in [2.75, 3.05) is 6.54 Å². The number of unbranched alkanes of at least 4 members (excludes halogenated alkanes) is 9. The number of nitrogens with zero attached hydrogens (tertiary/aromatic N) is 1. The maximum absolute atomic E-state index is 11.3. The molecule has 0 aromatic rings. The summed E-state index contributed by atoms with van der Waals surface area (Å²) in [5, 5.41) is 1.09. The predicted molar refractivity (Wildman–Crippen MR) is 80.8 cm³/mol. The Hall–Kier alpha value is -1.16. The monoisotopic (exact) mass is 280 g/mol. The zero-order valence-corrected chi connectivity index (χ0v) is 12.7. The molecule has 1 aliphatic rings. The third kappa shape index (κ3) is 6.85. The average molecular weight is 280 g/mol. The molecule has 20 heavy (non-hydrogen) atoms. The standard InChI is InChI=1S/C16H28N2O2/c1-2-3-4-5-6-7-8-9-10-11-14-17-18-15(19)12-13-16(18)20/h12-13,17H,2-11,14H2,1H3. The Balaban J connectivity index is 1.83. The molecule has 0 saturated carbocycles. The van der Waals surface area contributed by atoms with Gasteiger partial charge in [0.2, 0.25) is 0 Å². The van der Waals surface area contributed by atoms with Crippen molar-refractivity contribution < 1.29 is 9.59 Å². The van der Waals surface area contributed by atoms with E-state index in [0.29, 0.717) is 6.54 Å². The maximum Gasteiger partial charge on any atom is 0.268 e. The molecule has 1 heterocycles. The second-order valence-corrected chi connectivity index (χ2v) is 5.44. The minimum atomic E-state index is -0.262. The van der Waals surface area contributed by atoms with Crippen molar-refractivity contribution in [1.82, 2.24) is 10.4 Å². The molecule has 0 aromatic carbocycles. The summed E-state index contributed by atoms with van der Waals surface area (Å²) in [4.78, 5) is 22.5. The van der Waals surface area contributed by atoms with Crippen LogP contribution in [-0.4, -0.2) is 23.4 Å². The summed E-state index contributed by atoms with van der Waals surface area (Å²) in [5.74, 6) is -0.524. The Morgan fingerprint density at radius 3 is 1.75 bits per heavy atom. The molecule has 0 atom stereocenters. The Morgan fingerprint density at radius 1 is 0.800 bits per heavy atom. The van der Waals surface area contributed by atoms with Crippen LogP contribution >= 0.6 is 0 Å². The molecule has 0 fully saturated rings. The van der Waals surface area contributed by atoms with Crippen LogP contribution in [0.3, 0.4) is 0 Å². The van der Waals surface area contributed by atoms with E-state index in [1.165, 1.54) is 63.5 Å². The Labute approximate surface area is 122 Å². The number of carbonyl (C=O) groups is 2. The molecule has 4 heteroatoms. The fraction of sp³-hybridized carbons (Fsp3) is 0.750. The summed E-state index contributed by atoms with van der Waals surface area (Å²) in [7, 11) is 0. The summed E-state index contributed by atoms with van der Waals surface area (Å²) in [6.45, 7) is 2.93. The average Bonchev–Trinajstić information content (AvgIpc) is 2.76. The van der Waals surface area contributed by atoms with Crippen LogP contribution in [-0.2, 0) is 9.59 Å². The lowest BCUT2D eigenvalue weighted by Crippen LogP contribution is -2.42. The van der Waals surface area contributed by atoms with Gasteiger partial charge in [0.05, 0.1) is 0 Å². The smallest absolute Gasteiger partial charge is 0.268 e. The third-order valence-corrected chi connectivity index (χ3v) is 3.61. The summed E-state index contributed by atoms with van der Waals surface area (Å²) in [5.41, 5.74) is 2.88. The predicted octanol–water partition coefficient (Wildman–Crippen LogP) is 3.34. The number of carbonyl (C=O) groups excluding carboxylic acids is 2. The normalized spacial score (nSPS) is 14.6.